The number of aliphatic carboxylic acids is 2. The maximum atomic E-state index is 12.7. The summed E-state index contributed by atoms with van der Waals surface area (Å²) in [6.45, 7) is -0.999. The largest absolute Gasteiger partial charge is 0.479 e. The van der Waals surface area contributed by atoms with Gasteiger partial charge in [-0.05, 0) is 0 Å². The summed E-state index contributed by atoms with van der Waals surface area (Å²) in [5, 5.41) is 38.3. The van der Waals surface area contributed by atoms with Gasteiger partial charge in [0.2, 0.25) is 0 Å². The van der Waals surface area contributed by atoms with Crippen molar-refractivity contribution in [1.82, 2.24) is 9.13 Å². The third-order valence-corrected chi connectivity index (χ3v) is 6.47. The molecule has 0 aliphatic carbocycles. The molecule has 2 rings (SSSR count). The lowest BCUT2D eigenvalue weighted by molar-refractivity contribution is -0.149. The lowest BCUT2D eigenvalue weighted by Gasteiger charge is -2.21. The first-order valence-corrected chi connectivity index (χ1v) is 11.9. The van der Waals surface area contributed by atoms with E-state index in [2.05, 4.69) is 4.74 Å². The van der Waals surface area contributed by atoms with Crippen molar-refractivity contribution in [3.63, 3.8) is 0 Å². The predicted octanol–water partition coefficient (Wildman–Crippen LogP) is -4.44. The van der Waals surface area contributed by atoms with E-state index in [9.17, 15) is 48.6 Å². The molecule has 0 saturated carbocycles. The first kappa shape index (κ1) is 27.2. The smallest absolute Gasteiger partial charge is 0.440 e. The third kappa shape index (κ3) is 5.71. The fraction of sp³-hybridized carbons (Fsp3) is 0.538. The second-order valence-corrected chi connectivity index (χ2v) is 10.1. The molecule has 0 aromatic carbocycles. The van der Waals surface area contributed by atoms with Crippen LogP contribution in [0.25, 0.3) is 0 Å². The number of carbonyl (C=O) groups is 2. The second-order valence-electron chi connectivity index (χ2n) is 6.70. The molecule has 186 valence electrons. The number of rotatable bonds is 9. The average Bonchev–Trinajstić information content (AvgIpc) is 2.91. The van der Waals surface area contributed by atoms with Gasteiger partial charge in [-0.2, -0.15) is 14.7 Å². The Balaban J connectivity index is 2.40. The van der Waals surface area contributed by atoms with Gasteiger partial charge < -0.3 is 39.7 Å². The van der Waals surface area contributed by atoms with Crippen LogP contribution < -0.4 is 11.2 Å². The zero-order valence-electron chi connectivity index (χ0n) is 16.0. The Morgan fingerprint density at radius 3 is 2.15 bits per heavy atom. The second kappa shape index (κ2) is 9.65. The van der Waals surface area contributed by atoms with Crippen LogP contribution >= 0.6 is 15.5 Å². The van der Waals surface area contributed by atoms with E-state index in [1.807, 2.05) is 0 Å². The molecule has 1 aromatic rings. The Morgan fingerprint density at radius 2 is 1.70 bits per heavy atom. The van der Waals surface area contributed by atoms with Crippen LogP contribution in [0.4, 0.5) is 0 Å². The minimum absolute atomic E-state index is 0.239. The highest BCUT2D eigenvalue weighted by Gasteiger charge is 2.53. The maximum Gasteiger partial charge on any atom is 0.440 e. The number of aromatic nitrogens is 2. The molecule has 9 N–H and O–H groups in total. The van der Waals surface area contributed by atoms with Crippen molar-refractivity contribution < 1.29 is 68.5 Å². The molecule has 1 aromatic heterocycles. The minimum atomic E-state index is -5.35. The summed E-state index contributed by atoms with van der Waals surface area (Å²) in [5.41, 5.74) is -3.00. The van der Waals surface area contributed by atoms with E-state index in [0.717, 1.165) is 0 Å². The van der Waals surface area contributed by atoms with Crippen molar-refractivity contribution in [2.24, 2.45) is 0 Å². The number of aliphatic hydroxyl groups is 2. The van der Waals surface area contributed by atoms with Crippen molar-refractivity contribution in [3.05, 3.63) is 33.1 Å². The van der Waals surface area contributed by atoms with Gasteiger partial charge >= 0.3 is 39.0 Å². The van der Waals surface area contributed by atoms with E-state index in [4.69, 9.17) is 24.7 Å². The number of ether oxygens (including phenoxy) is 2. The Bertz CT molecular complexity index is 1070. The SMILES string of the molecule is O=C(O)C(OCC1OC(n2ccc(=O)n(C(C(=O)O)[P+](O)(O)O)c2=O)C(O)C1O)P(=O)(O)O. The first-order valence-electron chi connectivity index (χ1n) is 8.53. The molecule has 33 heavy (non-hydrogen) atoms. The molecule has 0 bridgehead atoms. The molecule has 6 atom stereocenters. The highest BCUT2D eigenvalue weighted by molar-refractivity contribution is 7.59. The third-order valence-electron chi connectivity index (χ3n) is 4.38. The average molecular weight is 521 g/mol. The van der Waals surface area contributed by atoms with E-state index in [1.54, 1.807) is 0 Å². The monoisotopic (exact) mass is 521 g/mol. The Kier molecular flexibility index (Phi) is 7.95. The fourth-order valence-corrected chi connectivity index (χ4v) is 4.32. The van der Waals surface area contributed by atoms with E-state index in [-0.39, 0.29) is 4.57 Å². The molecule has 1 fully saturated rings. The summed E-state index contributed by atoms with van der Waals surface area (Å²) in [5.74, 6) is -9.66. The van der Waals surface area contributed by atoms with Gasteiger partial charge in [0.05, 0.1) is 6.61 Å². The summed E-state index contributed by atoms with van der Waals surface area (Å²) in [6.07, 6.45) is -6.79. The zero-order valence-corrected chi connectivity index (χ0v) is 17.8. The minimum Gasteiger partial charge on any atom is -0.479 e. The van der Waals surface area contributed by atoms with Crippen molar-refractivity contribution in [3.8, 4) is 0 Å². The van der Waals surface area contributed by atoms with Gasteiger partial charge in [0, 0.05) is 12.3 Å². The highest BCUT2D eigenvalue weighted by atomic mass is 31.2. The van der Waals surface area contributed by atoms with Crippen LogP contribution in [0.2, 0.25) is 0 Å². The molecule has 1 saturated heterocycles. The molecular formula is C13H19N2O16P2+. The topological polar surface area (TPSA) is 296 Å². The van der Waals surface area contributed by atoms with E-state index >= 15 is 0 Å². The quantitative estimate of drug-likeness (QED) is 0.138. The van der Waals surface area contributed by atoms with Crippen LogP contribution in [-0.4, -0.2) is 96.7 Å². The van der Waals surface area contributed by atoms with E-state index in [1.165, 1.54) is 0 Å². The normalized spacial score (nSPS) is 25.5. The number of carboxylic acid groups (broad SMARTS) is 2. The summed E-state index contributed by atoms with van der Waals surface area (Å²) < 4.78 is 21.0. The van der Waals surface area contributed by atoms with Gasteiger partial charge in [0.15, 0.2) is 6.23 Å². The molecule has 0 amide bonds. The Morgan fingerprint density at radius 1 is 1.12 bits per heavy atom. The van der Waals surface area contributed by atoms with Crippen molar-refractivity contribution in [2.75, 3.05) is 6.61 Å². The summed E-state index contributed by atoms with van der Waals surface area (Å²) in [7, 11) is -10.6. The standard InChI is InChI=1S/C13H18N2O16P2/c16-5-1-2-14(13(23)15(5)9(10(19)20)32(24,25)26)8-7(18)6(17)4(31-8)3-30-12(11(21)22)33(27,28)29/h1-2,4,6-9,12,17-18,24-26H,3H2,(H3-,19,20,21,22,27,28,29)/p+1. The van der Waals surface area contributed by atoms with Crippen molar-refractivity contribution >= 4 is 27.5 Å². The van der Waals surface area contributed by atoms with E-state index < -0.39 is 81.5 Å². The Hall–Kier alpha value is -2.08. The van der Waals surface area contributed by atoms with Crippen molar-refractivity contribution in [1.29, 1.82) is 0 Å². The van der Waals surface area contributed by atoms with Gasteiger partial charge in [0.25, 0.3) is 11.4 Å². The molecule has 2 heterocycles. The van der Waals surface area contributed by atoms with E-state index in [0.29, 0.717) is 16.8 Å². The first-order chi connectivity index (χ1) is 15.0. The molecular weight excluding hydrogens is 502 g/mol. The molecule has 0 spiro atoms. The zero-order chi connectivity index (χ0) is 25.5. The summed E-state index contributed by atoms with van der Waals surface area (Å²) in [4.78, 5) is 93.0. The number of carboxylic acids is 2. The molecule has 20 heteroatoms. The molecule has 1 aliphatic rings. The maximum absolute atomic E-state index is 12.7. The van der Waals surface area contributed by atoms with Crippen molar-refractivity contribution in [2.45, 2.75) is 36.2 Å². The van der Waals surface area contributed by atoms with Gasteiger partial charge in [-0.1, -0.05) is 0 Å². The molecule has 6 unspecified atom stereocenters. The molecule has 18 nitrogen and oxygen atoms in total. The van der Waals surface area contributed by atoms with Crippen LogP contribution in [0.5, 0.6) is 0 Å². The number of hydrogen-bond acceptors (Lipinski definition) is 12. The van der Waals surface area contributed by atoms with Crippen LogP contribution in [-0.2, 0) is 23.6 Å². The Labute approximate surface area is 181 Å². The van der Waals surface area contributed by atoms with Gasteiger partial charge in [-0.15, -0.1) is 0 Å². The fourth-order valence-electron chi connectivity index (χ4n) is 2.93. The van der Waals surface area contributed by atoms with Gasteiger partial charge in [0.1, 0.15) is 18.3 Å². The number of nitrogens with zero attached hydrogens (tertiary/aromatic N) is 2. The molecule has 1 aliphatic heterocycles. The van der Waals surface area contributed by atoms with Crippen LogP contribution in [0.3, 0.4) is 0 Å². The van der Waals surface area contributed by atoms with Crippen LogP contribution in [0.15, 0.2) is 21.9 Å². The number of hydrogen-bond donors (Lipinski definition) is 9. The number of aliphatic hydroxyl groups excluding tert-OH is 2. The molecule has 0 radical (unpaired) electrons. The van der Waals surface area contributed by atoms with Gasteiger partial charge in [-0.3, -0.25) is 13.9 Å². The van der Waals surface area contributed by atoms with Crippen LogP contribution in [0, 0.1) is 0 Å². The predicted molar refractivity (Wildman–Crippen MR) is 101 cm³/mol. The lowest BCUT2D eigenvalue weighted by Crippen LogP contribution is -2.46. The summed E-state index contributed by atoms with van der Waals surface area (Å²) in [6, 6.07) is 0.549. The highest BCUT2D eigenvalue weighted by Crippen LogP contribution is 2.56. The van der Waals surface area contributed by atoms with Gasteiger partial charge in [-0.25, -0.2) is 19.0 Å². The lowest BCUT2D eigenvalue weighted by atomic mass is 10.1. The summed E-state index contributed by atoms with van der Waals surface area (Å²) >= 11 is 0. The van der Waals surface area contributed by atoms with Crippen LogP contribution in [0.1, 0.15) is 12.0 Å².